The van der Waals surface area contributed by atoms with E-state index in [1.807, 2.05) is 30.3 Å². The van der Waals surface area contributed by atoms with E-state index in [1.54, 1.807) is 0 Å². The van der Waals surface area contributed by atoms with Gasteiger partial charge in [-0.25, -0.2) is 0 Å². The van der Waals surface area contributed by atoms with Gasteiger partial charge in [0.2, 0.25) is 0 Å². The van der Waals surface area contributed by atoms with Crippen LogP contribution in [0.3, 0.4) is 0 Å². The molecule has 2 bridgehead atoms. The fourth-order valence-corrected chi connectivity index (χ4v) is 12.1. The van der Waals surface area contributed by atoms with Crippen LogP contribution in [0, 0.1) is 56.7 Å². The van der Waals surface area contributed by atoms with E-state index in [1.165, 1.54) is 12.5 Å². The van der Waals surface area contributed by atoms with E-state index in [0.29, 0.717) is 31.5 Å². The van der Waals surface area contributed by atoms with Gasteiger partial charge in [-0.1, -0.05) is 90.4 Å². The van der Waals surface area contributed by atoms with Crippen LogP contribution in [0.25, 0.3) is 0 Å². The third kappa shape index (κ3) is 5.49. The highest BCUT2D eigenvalue weighted by Crippen LogP contribution is 2.75. The first-order valence-electron chi connectivity index (χ1n) is 18.6. The van der Waals surface area contributed by atoms with Gasteiger partial charge in [-0.05, 0) is 84.0 Å². The highest BCUT2D eigenvalue weighted by molar-refractivity contribution is 5.75. The summed E-state index contributed by atoms with van der Waals surface area (Å²) in [5, 5.41) is 0. The van der Waals surface area contributed by atoms with Gasteiger partial charge in [-0.2, -0.15) is 0 Å². The minimum absolute atomic E-state index is 0.0818. The summed E-state index contributed by atoms with van der Waals surface area (Å²) in [6, 6.07) is 9.97. The van der Waals surface area contributed by atoms with E-state index in [0.717, 1.165) is 37.7 Å². The molecule has 11 atom stereocenters. The molecule has 1 heterocycles. The van der Waals surface area contributed by atoms with Crippen LogP contribution in [-0.4, -0.2) is 49.9 Å². The fourth-order valence-electron chi connectivity index (χ4n) is 12.1. The predicted octanol–water partition coefficient (Wildman–Crippen LogP) is 7.04. The molecule has 270 valence electrons. The zero-order valence-electron chi connectivity index (χ0n) is 31.0. The lowest BCUT2D eigenvalue weighted by molar-refractivity contribution is -0.263. The van der Waals surface area contributed by atoms with Crippen molar-refractivity contribution in [2.24, 2.45) is 62.4 Å². The highest BCUT2D eigenvalue weighted by Gasteiger charge is 2.72. The van der Waals surface area contributed by atoms with Crippen LogP contribution >= 0.6 is 0 Å². The van der Waals surface area contributed by atoms with Crippen LogP contribution < -0.4 is 5.73 Å². The average molecular weight is 678 g/mol. The first-order valence-corrected chi connectivity index (χ1v) is 18.6. The molecule has 6 rings (SSSR count). The maximum atomic E-state index is 14.7. The Bertz CT molecular complexity index is 1470. The minimum atomic E-state index is -0.635. The largest absolute Gasteiger partial charge is 0.461 e. The van der Waals surface area contributed by atoms with E-state index < -0.39 is 23.6 Å². The number of fused-ring (bicyclic) bond motifs is 3. The molecule has 8 nitrogen and oxygen atoms in total. The molecule has 0 spiro atoms. The van der Waals surface area contributed by atoms with Crippen molar-refractivity contribution in [3.63, 3.8) is 0 Å². The second-order valence-electron chi connectivity index (χ2n) is 17.6. The van der Waals surface area contributed by atoms with Crippen LogP contribution in [0.15, 0.2) is 42.0 Å². The lowest BCUT2D eigenvalue weighted by atomic mass is 9.34. The molecular formula is C41H59NO7. The van der Waals surface area contributed by atoms with Gasteiger partial charge in [0.15, 0.2) is 0 Å². The molecule has 0 unspecified atom stereocenters. The highest BCUT2D eigenvalue weighted by atomic mass is 16.6. The van der Waals surface area contributed by atoms with E-state index in [9.17, 15) is 14.4 Å². The number of esters is 3. The maximum absolute atomic E-state index is 14.7. The van der Waals surface area contributed by atoms with Crippen molar-refractivity contribution >= 4 is 17.9 Å². The van der Waals surface area contributed by atoms with Crippen molar-refractivity contribution in [2.75, 3.05) is 19.8 Å². The third-order valence-electron chi connectivity index (χ3n) is 15.0. The van der Waals surface area contributed by atoms with Gasteiger partial charge >= 0.3 is 17.9 Å². The molecule has 1 aliphatic heterocycles. The monoisotopic (exact) mass is 677 g/mol. The van der Waals surface area contributed by atoms with Crippen molar-refractivity contribution in [1.82, 2.24) is 0 Å². The Hall–Kier alpha value is -2.71. The second kappa shape index (κ2) is 12.8. The van der Waals surface area contributed by atoms with Crippen LogP contribution in [0.2, 0.25) is 0 Å². The number of allylic oxidation sites excluding steroid dienone is 1. The Labute approximate surface area is 293 Å². The molecule has 49 heavy (non-hydrogen) atoms. The SMILES string of the molecule is CC(=O)O[C@@H]1C[C@@]23COC[C@](C)([C@@H]2CC[C@H]2C3=CC[C@@]3(C)[C@H](C(=O)OCc4ccccc4)[C@@](C)([C@H](C)C(C)C)CC[C@]23C)[C@H]1OC(=O)CN. The molecule has 1 saturated heterocycles. The normalized spacial score (nSPS) is 41.7. The Morgan fingerprint density at radius 3 is 2.33 bits per heavy atom. The Morgan fingerprint density at radius 2 is 1.67 bits per heavy atom. The van der Waals surface area contributed by atoms with Crippen molar-refractivity contribution < 1.29 is 33.3 Å². The zero-order chi connectivity index (χ0) is 35.6. The summed E-state index contributed by atoms with van der Waals surface area (Å²) in [6.07, 6.45) is 6.41. The van der Waals surface area contributed by atoms with Gasteiger partial charge in [0.25, 0.3) is 0 Å². The number of carbonyl (C=O) groups is 3. The van der Waals surface area contributed by atoms with E-state index in [4.69, 9.17) is 24.7 Å². The third-order valence-corrected chi connectivity index (χ3v) is 15.0. The van der Waals surface area contributed by atoms with E-state index in [2.05, 4.69) is 54.5 Å². The van der Waals surface area contributed by atoms with Crippen LogP contribution in [-0.2, 0) is 39.9 Å². The van der Waals surface area contributed by atoms with Crippen molar-refractivity contribution in [2.45, 2.75) is 113 Å². The molecule has 3 saturated carbocycles. The van der Waals surface area contributed by atoms with Crippen LogP contribution in [0.4, 0.5) is 0 Å². The number of benzene rings is 1. The molecule has 0 amide bonds. The van der Waals surface area contributed by atoms with Crippen molar-refractivity contribution in [1.29, 1.82) is 0 Å². The second-order valence-corrected chi connectivity index (χ2v) is 17.6. The molecule has 4 fully saturated rings. The van der Waals surface area contributed by atoms with Gasteiger partial charge in [0.05, 0.1) is 25.7 Å². The predicted molar refractivity (Wildman–Crippen MR) is 187 cm³/mol. The average Bonchev–Trinajstić information content (AvgIpc) is 3.05. The standard InChI is InChI=1S/C41H59NO7/c1-25(2)26(3)37(5)18-19-39(7)29-14-15-32-38(6)23-46-24-41(32,20-31(48-27(4)43)35(38)49-33(44)21-42)30(29)16-17-40(39,8)34(37)36(45)47-22-28-12-10-9-11-13-28/h9-13,16,25-26,29,31-32,34-35H,14-15,17-24,42H2,1-8H3/t26-,29+,31-,32+,34-,35+,37-,38-,39-,40+,41+/m1/s1. The molecule has 0 aromatic heterocycles. The molecule has 0 radical (unpaired) electrons. The molecule has 5 aliphatic rings. The number of carbonyl (C=O) groups excluding carboxylic acids is 3. The molecular weight excluding hydrogens is 618 g/mol. The van der Waals surface area contributed by atoms with Crippen molar-refractivity contribution in [3.05, 3.63) is 47.5 Å². The lowest BCUT2D eigenvalue weighted by Crippen LogP contribution is -2.70. The quantitative estimate of drug-likeness (QED) is 0.177. The van der Waals surface area contributed by atoms with Gasteiger partial charge in [-0.3, -0.25) is 14.4 Å². The van der Waals surface area contributed by atoms with E-state index >= 15 is 0 Å². The van der Waals surface area contributed by atoms with Gasteiger partial charge in [0, 0.05) is 17.8 Å². The Kier molecular flexibility index (Phi) is 9.43. The number of hydrogen-bond donors (Lipinski definition) is 1. The summed E-state index contributed by atoms with van der Waals surface area (Å²) < 4.78 is 24.8. The summed E-state index contributed by atoms with van der Waals surface area (Å²) in [6.45, 7) is 18.6. The lowest BCUT2D eigenvalue weighted by Gasteiger charge is -2.71. The summed E-state index contributed by atoms with van der Waals surface area (Å²) >= 11 is 0. The molecule has 2 N–H and O–H groups in total. The molecule has 4 aliphatic carbocycles. The smallest absolute Gasteiger partial charge is 0.320 e. The van der Waals surface area contributed by atoms with Crippen molar-refractivity contribution in [3.8, 4) is 0 Å². The first-order chi connectivity index (χ1) is 23.1. The van der Waals surface area contributed by atoms with Crippen LogP contribution in [0.1, 0.15) is 99.5 Å². The summed E-state index contributed by atoms with van der Waals surface area (Å²) in [7, 11) is 0. The summed E-state index contributed by atoms with van der Waals surface area (Å²) in [4.78, 5) is 39.8. The molecule has 1 aromatic carbocycles. The van der Waals surface area contributed by atoms with Gasteiger partial charge < -0.3 is 24.7 Å². The zero-order valence-corrected chi connectivity index (χ0v) is 31.0. The van der Waals surface area contributed by atoms with Crippen LogP contribution in [0.5, 0.6) is 0 Å². The number of nitrogens with two attached hydrogens (primary N) is 1. The topological polar surface area (TPSA) is 114 Å². The van der Waals surface area contributed by atoms with E-state index in [-0.39, 0.29) is 64.5 Å². The Balaban J connectivity index is 1.42. The molecule has 1 aromatic rings. The van der Waals surface area contributed by atoms with Gasteiger partial charge in [-0.15, -0.1) is 0 Å². The molecule has 8 heteroatoms. The number of hydrogen-bond acceptors (Lipinski definition) is 8. The van der Waals surface area contributed by atoms with Gasteiger partial charge in [0.1, 0.15) is 18.8 Å². The summed E-state index contributed by atoms with van der Waals surface area (Å²) in [5.74, 6) is -0.0741. The minimum Gasteiger partial charge on any atom is -0.461 e. The summed E-state index contributed by atoms with van der Waals surface area (Å²) in [5.41, 5.74) is 6.45. The Morgan fingerprint density at radius 1 is 0.959 bits per heavy atom. The number of rotatable bonds is 8. The first kappa shape index (κ1) is 36.1. The maximum Gasteiger partial charge on any atom is 0.320 e. The number of ether oxygens (including phenoxy) is 4. The fraction of sp³-hybridized carbons (Fsp3) is 0.732.